The molecule has 0 radical (unpaired) electrons. The van der Waals surface area contributed by atoms with E-state index in [9.17, 15) is 19.3 Å². The van der Waals surface area contributed by atoms with E-state index in [-0.39, 0.29) is 17.1 Å². The first-order valence-electron chi connectivity index (χ1n) is 7.09. The molecular weight excluding hydrogens is 319 g/mol. The fourth-order valence-corrected chi connectivity index (χ4v) is 1.92. The fourth-order valence-electron chi connectivity index (χ4n) is 1.92. The third-order valence-corrected chi connectivity index (χ3v) is 2.95. The standard InChI is InChI=1S/C16H15FN2O5/c1-2-23-11-7-8-13(14(9-11)19(21)22)18-16(20)10-24-15-6-4-3-5-12(15)17/h3-9H,2,10H2,1H3,(H,18,20). The first-order chi connectivity index (χ1) is 11.5. The molecule has 0 aliphatic carbocycles. The second kappa shape index (κ2) is 7.91. The number of hydrogen-bond acceptors (Lipinski definition) is 5. The molecule has 24 heavy (non-hydrogen) atoms. The summed E-state index contributed by atoms with van der Waals surface area (Å²) < 4.78 is 23.6. The molecule has 8 heteroatoms. The Morgan fingerprint density at radius 2 is 2.00 bits per heavy atom. The number of halogens is 1. The Kier molecular flexibility index (Phi) is 5.67. The largest absolute Gasteiger partial charge is 0.494 e. The predicted octanol–water partition coefficient (Wildman–Crippen LogP) is 3.15. The van der Waals surface area contributed by atoms with E-state index in [1.54, 1.807) is 13.0 Å². The maximum absolute atomic E-state index is 13.4. The van der Waals surface area contributed by atoms with Crippen LogP contribution in [0, 0.1) is 15.9 Å². The van der Waals surface area contributed by atoms with Gasteiger partial charge in [0, 0.05) is 0 Å². The van der Waals surface area contributed by atoms with Crippen LogP contribution in [-0.2, 0) is 4.79 Å². The summed E-state index contributed by atoms with van der Waals surface area (Å²) in [7, 11) is 0. The highest BCUT2D eigenvalue weighted by Gasteiger charge is 2.17. The number of nitro benzene ring substituents is 1. The van der Waals surface area contributed by atoms with Gasteiger partial charge < -0.3 is 14.8 Å². The fraction of sp³-hybridized carbons (Fsp3) is 0.188. The van der Waals surface area contributed by atoms with E-state index in [1.807, 2.05) is 0 Å². The van der Waals surface area contributed by atoms with Gasteiger partial charge in [-0.2, -0.15) is 0 Å². The van der Waals surface area contributed by atoms with Gasteiger partial charge in [-0.3, -0.25) is 14.9 Å². The number of hydrogen-bond donors (Lipinski definition) is 1. The SMILES string of the molecule is CCOc1ccc(NC(=O)COc2ccccc2F)c([N+](=O)[O-])c1. The lowest BCUT2D eigenvalue weighted by molar-refractivity contribution is -0.384. The Balaban J connectivity index is 2.05. The molecule has 0 bridgehead atoms. The molecule has 1 amide bonds. The van der Waals surface area contributed by atoms with Crippen LogP contribution in [-0.4, -0.2) is 24.0 Å². The van der Waals surface area contributed by atoms with Crippen molar-refractivity contribution in [2.24, 2.45) is 0 Å². The highest BCUT2D eigenvalue weighted by atomic mass is 19.1. The maximum atomic E-state index is 13.4. The van der Waals surface area contributed by atoms with Gasteiger partial charge in [0.15, 0.2) is 18.2 Å². The van der Waals surface area contributed by atoms with Crippen LogP contribution in [0.4, 0.5) is 15.8 Å². The molecule has 0 heterocycles. The molecule has 0 aliphatic heterocycles. The van der Waals surface area contributed by atoms with Crippen LogP contribution in [0.2, 0.25) is 0 Å². The normalized spacial score (nSPS) is 10.1. The van der Waals surface area contributed by atoms with Crippen molar-refractivity contribution in [3.63, 3.8) is 0 Å². The van der Waals surface area contributed by atoms with E-state index in [4.69, 9.17) is 9.47 Å². The molecule has 0 saturated carbocycles. The Bertz CT molecular complexity index is 751. The van der Waals surface area contributed by atoms with Crippen molar-refractivity contribution in [2.75, 3.05) is 18.5 Å². The molecule has 0 fully saturated rings. The van der Waals surface area contributed by atoms with Crippen molar-refractivity contribution in [2.45, 2.75) is 6.92 Å². The number of ether oxygens (including phenoxy) is 2. The summed E-state index contributed by atoms with van der Waals surface area (Å²) in [5, 5.41) is 13.5. The molecule has 126 valence electrons. The summed E-state index contributed by atoms with van der Waals surface area (Å²) in [6, 6.07) is 9.72. The van der Waals surface area contributed by atoms with Gasteiger partial charge in [0.1, 0.15) is 11.4 Å². The minimum atomic E-state index is -0.648. The van der Waals surface area contributed by atoms with Crippen molar-refractivity contribution in [3.8, 4) is 11.5 Å². The van der Waals surface area contributed by atoms with Crippen LogP contribution in [0.1, 0.15) is 6.92 Å². The minimum Gasteiger partial charge on any atom is -0.494 e. The zero-order valence-corrected chi connectivity index (χ0v) is 12.8. The number of amides is 1. The number of anilines is 1. The van der Waals surface area contributed by atoms with Crippen LogP contribution in [0.25, 0.3) is 0 Å². The molecule has 0 atom stereocenters. The number of benzene rings is 2. The van der Waals surface area contributed by atoms with E-state index >= 15 is 0 Å². The van der Waals surface area contributed by atoms with Crippen LogP contribution in [0.5, 0.6) is 11.5 Å². The highest BCUT2D eigenvalue weighted by Crippen LogP contribution is 2.29. The zero-order valence-electron chi connectivity index (χ0n) is 12.8. The van der Waals surface area contributed by atoms with E-state index < -0.39 is 23.3 Å². The monoisotopic (exact) mass is 334 g/mol. The van der Waals surface area contributed by atoms with Gasteiger partial charge >= 0.3 is 0 Å². The van der Waals surface area contributed by atoms with Crippen LogP contribution in [0.3, 0.4) is 0 Å². The lowest BCUT2D eigenvalue weighted by atomic mass is 10.2. The highest BCUT2D eigenvalue weighted by molar-refractivity contribution is 5.94. The second-order valence-corrected chi connectivity index (χ2v) is 4.64. The van der Waals surface area contributed by atoms with Crippen LogP contribution >= 0.6 is 0 Å². The first kappa shape index (κ1) is 17.2. The molecule has 0 unspecified atom stereocenters. The molecule has 7 nitrogen and oxygen atoms in total. The lowest BCUT2D eigenvalue weighted by Gasteiger charge is -2.09. The molecular formula is C16H15FN2O5. The van der Waals surface area contributed by atoms with E-state index in [1.165, 1.54) is 36.4 Å². The molecule has 2 aromatic carbocycles. The van der Waals surface area contributed by atoms with Gasteiger partial charge in [-0.15, -0.1) is 0 Å². The molecule has 1 N–H and O–H groups in total. The Morgan fingerprint density at radius 3 is 2.67 bits per heavy atom. The first-order valence-corrected chi connectivity index (χ1v) is 7.09. The van der Waals surface area contributed by atoms with Gasteiger partial charge in [-0.05, 0) is 31.2 Å². The molecule has 2 rings (SSSR count). The maximum Gasteiger partial charge on any atom is 0.296 e. The van der Waals surface area contributed by atoms with E-state index in [0.717, 1.165) is 0 Å². The van der Waals surface area contributed by atoms with Crippen molar-refractivity contribution >= 4 is 17.3 Å². The molecule has 0 saturated heterocycles. The lowest BCUT2D eigenvalue weighted by Crippen LogP contribution is -2.21. The number of nitrogens with zero attached hydrogens (tertiary/aromatic N) is 1. The Labute approximate surface area is 137 Å². The Morgan fingerprint density at radius 1 is 1.25 bits per heavy atom. The zero-order chi connectivity index (χ0) is 17.5. The smallest absolute Gasteiger partial charge is 0.296 e. The summed E-state index contributed by atoms with van der Waals surface area (Å²) in [5.74, 6) is -0.999. The average Bonchev–Trinajstić information content (AvgIpc) is 2.55. The quantitative estimate of drug-likeness (QED) is 0.620. The molecule has 0 aliphatic rings. The topological polar surface area (TPSA) is 90.7 Å². The van der Waals surface area contributed by atoms with Gasteiger partial charge in [-0.25, -0.2) is 4.39 Å². The minimum absolute atomic E-state index is 0.00517. The van der Waals surface area contributed by atoms with Crippen molar-refractivity contribution in [1.82, 2.24) is 0 Å². The molecule has 0 spiro atoms. The average molecular weight is 334 g/mol. The van der Waals surface area contributed by atoms with Crippen LogP contribution < -0.4 is 14.8 Å². The van der Waals surface area contributed by atoms with E-state index in [0.29, 0.717) is 12.4 Å². The number of carbonyl (C=O) groups is 1. The number of carbonyl (C=O) groups excluding carboxylic acids is 1. The third kappa shape index (κ3) is 4.42. The van der Waals surface area contributed by atoms with Gasteiger partial charge in [0.25, 0.3) is 11.6 Å². The van der Waals surface area contributed by atoms with Gasteiger partial charge in [0.05, 0.1) is 17.6 Å². The van der Waals surface area contributed by atoms with Gasteiger partial charge in [0.2, 0.25) is 0 Å². The predicted molar refractivity (Wildman–Crippen MR) is 84.8 cm³/mol. The summed E-state index contributed by atoms with van der Waals surface area (Å²) in [4.78, 5) is 22.3. The summed E-state index contributed by atoms with van der Waals surface area (Å²) in [6.07, 6.45) is 0. The second-order valence-electron chi connectivity index (χ2n) is 4.64. The number of nitro groups is 1. The summed E-state index contributed by atoms with van der Waals surface area (Å²) in [5.41, 5.74) is -0.300. The number of para-hydroxylation sites is 1. The van der Waals surface area contributed by atoms with Crippen molar-refractivity contribution in [3.05, 3.63) is 58.4 Å². The summed E-state index contributed by atoms with van der Waals surface area (Å²) in [6.45, 7) is 1.63. The van der Waals surface area contributed by atoms with Crippen molar-refractivity contribution < 1.29 is 23.6 Å². The molecule has 2 aromatic rings. The Hall–Kier alpha value is -3.16. The summed E-state index contributed by atoms with van der Waals surface area (Å²) >= 11 is 0. The van der Waals surface area contributed by atoms with E-state index in [2.05, 4.69) is 5.32 Å². The molecule has 0 aromatic heterocycles. The van der Waals surface area contributed by atoms with Crippen LogP contribution in [0.15, 0.2) is 42.5 Å². The van der Waals surface area contributed by atoms with Crippen molar-refractivity contribution in [1.29, 1.82) is 0 Å². The number of nitrogens with one attached hydrogen (secondary N) is 1. The third-order valence-electron chi connectivity index (χ3n) is 2.95. The number of rotatable bonds is 7. The van der Waals surface area contributed by atoms with Gasteiger partial charge in [-0.1, -0.05) is 12.1 Å².